The van der Waals surface area contributed by atoms with E-state index in [2.05, 4.69) is 69.9 Å². The molecule has 7 nitrogen and oxygen atoms in total. The van der Waals surface area contributed by atoms with E-state index in [1.165, 1.54) is 5.56 Å². The largest absolute Gasteiger partial charge is 0.377 e. The van der Waals surface area contributed by atoms with Gasteiger partial charge in [0.15, 0.2) is 11.8 Å². The van der Waals surface area contributed by atoms with E-state index < -0.39 is 0 Å². The molecule has 166 valence electrons. The highest BCUT2D eigenvalue weighted by molar-refractivity contribution is 14.0. The van der Waals surface area contributed by atoms with Gasteiger partial charge in [0.1, 0.15) is 12.4 Å². The first kappa shape index (κ1) is 24.6. The lowest BCUT2D eigenvalue weighted by atomic mass is 9.76. The minimum atomic E-state index is 0. The number of methoxy groups -OCH3 is 1. The van der Waals surface area contributed by atoms with Gasteiger partial charge in [-0.2, -0.15) is 5.10 Å². The second-order valence-corrected chi connectivity index (χ2v) is 7.72. The number of guanidine groups is 1. The van der Waals surface area contributed by atoms with Crippen molar-refractivity contribution in [2.45, 2.75) is 64.1 Å². The molecule has 8 heteroatoms. The minimum absolute atomic E-state index is 0. The number of aromatic nitrogens is 3. The number of nitrogens with one attached hydrogen (secondary N) is 2. The molecule has 1 unspecified atom stereocenters. The zero-order chi connectivity index (χ0) is 20.7. The molecule has 3 rings (SSSR count). The predicted octanol–water partition coefficient (Wildman–Crippen LogP) is 3.28. The number of hydrogen-bond donors (Lipinski definition) is 2. The Morgan fingerprint density at radius 3 is 2.63 bits per heavy atom. The lowest BCUT2D eigenvalue weighted by Crippen LogP contribution is -2.50. The van der Waals surface area contributed by atoms with E-state index in [1.807, 2.05) is 11.7 Å². The number of nitrogens with zero attached hydrogens (tertiary/aromatic N) is 4. The van der Waals surface area contributed by atoms with Crippen LogP contribution >= 0.6 is 24.0 Å². The molecule has 0 saturated carbocycles. The molecule has 0 radical (unpaired) electrons. The molecule has 2 heterocycles. The molecule has 2 N–H and O–H groups in total. The van der Waals surface area contributed by atoms with E-state index in [1.54, 1.807) is 7.11 Å². The second-order valence-electron chi connectivity index (χ2n) is 7.72. The van der Waals surface area contributed by atoms with Crippen LogP contribution < -0.4 is 10.6 Å². The fourth-order valence-electron chi connectivity index (χ4n) is 4.11. The number of rotatable bonds is 8. The first-order valence-electron chi connectivity index (χ1n) is 10.6. The summed E-state index contributed by atoms with van der Waals surface area (Å²) in [5.41, 5.74) is 1.48. The molecule has 1 aromatic carbocycles. The van der Waals surface area contributed by atoms with Crippen LogP contribution in [0.25, 0.3) is 0 Å². The van der Waals surface area contributed by atoms with Crippen molar-refractivity contribution in [2.24, 2.45) is 4.99 Å². The van der Waals surface area contributed by atoms with Gasteiger partial charge in [-0.25, -0.2) is 9.67 Å². The number of benzene rings is 1. The number of fused-ring (bicyclic) bond motifs is 1. The third-order valence-corrected chi connectivity index (χ3v) is 6.07. The van der Waals surface area contributed by atoms with Crippen LogP contribution in [0.4, 0.5) is 0 Å². The third-order valence-electron chi connectivity index (χ3n) is 6.07. The first-order valence-corrected chi connectivity index (χ1v) is 10.6. The average molecular weight is 526 g/mol. The Kier molecular flexibility index (Phi) is 9.54. The van der Waals surface area contributed by atoms with Gasteiger partial charge in [0.25, 0.3) is 0 Å². The quantitative estimate of drug-likeness (QED) is 0.314. The van der Waals surface area contributed by atoms with Crippen molar-refractivity contribution in [1.82, 2.24) is 25.4 Å². The zero-order valence-electron chi connectivity index (χ0n) is 18.5. The van der Waals surface area contributed by atoms with Gasteiger partial charge in [0.2, 0.25) is 0 Å². The van der Waals surface area contributed by atoms with Crippen LogP contribution in [0.2, 0.25) is 0 Å². The normalized spacial score (nSPS) is 16.5. The summed E-state index contributed by atoms with van der Waals surface area (Å²) in [5.74, 6) is 2.64. The van der Waals surface area contributed by atoms with E-state index in [0.717, 1.165) is 56.4 Å². The van der Waals surface area contributed by atoms with Crippen molar-refractivity contribution in [3.8, 4) is 0 Å². The molecule has 0 aliphatic carbocycles. The molecule has 0 spiro atoms. The van der Waals surface area contributed by atoms with Crippen LogP contribution in [0.15, 0.2) is 35.3 Å². The summed E-state index contributed by atoms with van der Waals surface area (Å²) in [5, 5.41) is 11.7. The topological polar surface area (TPSA) is 76.4 Å². The van der Waals surface area contributed by atoms with Crippen molar-refractivity contribution in [3.05, 3.63) is 47.5 Å². The number of halogens is 1. The van der Waals surface area contributed by atoms with Crippen LogP contribution in [0, 0.1) is 0 Å². The molecular formula is C22H35IN6O. The van der Waals surface area contributed by atoms with Gasteiger partial charge in [0, 0.05) is 38.6 Å². The molecule has 1 aromatic heterocycles. The Labute approximate surface area is 197 Å². The fourth-order valence-corrected chi connectivity index (χ4v) is 4.11. The van der Waals surface area contributed by atoms with Crippen LogP contribution in [0.5, 0.6) is 0 Å². The number of hydrogen-bond acceptors (Lipinski definition) is 4. The summed E-state index contributed by atoms with van der Waals surface area (Å²) in [6.45, 7) is 6.62. The van der Waals surface area contributed by atoms with Gasteiger partial charge in [-0.15, -0.1) is 24.0 Å². The third kappa shape index (κ3) is 5.72. The van der Waals surface area contributed by atoms with E-state index in [9.17, 15) is 0 Å². The zero-order valence-corrected chi connectivity index (χ0v) is 20.8. The van der Waals surface area contributed by atoms with Gasteiger partial charge in [0.05, 0.1) is 6.54 Å². The van der Waals surface area contributed by atoms with Crippen LogP contribution in [-0.4, -0.2) is 47.5 Å². The van der Waals surface area contributed by atoms with Gasteiger partial charge < -0.3 is 15.4 Å². The molecule has 1 atom stereocenters. The first-order chi connectivity index (χ1) is 14.1. The molecule has 1 aliphatic rings. The van der Waals surface area contributed by atoms with Gasteiger partial charge in [-0.1, -0.05) is 44.2 Å². The number of aryl methyl sites for hydroxylation is 1. The van der Waals surface area contributed by atoms with E-state index in [0.29, 0.717) is 6.61 Å². The van der Waals surface area contributed by atoms with Crippen LogP contribution in [0.3, 0.4) is 0 Å². The van der Waals surface area contributed by atoms with Crippen molar-refractivity contribution < 1.29 is 4.74 Å². The predicted molar refractivity (Wildman–Crippen MR) is 131 cm³/mol. The van der Waals surface area contributed by atoms with Gasteiger partial charge in [-0.05, 0) is 24.8 Å². The summed E-state index contributed by atoms with van der Waals surface area (Å²) >= 11 is 0. The highest BCUT2D eigenvalue weighted by atomic mass is 127. The lowest BCUT2D eigenvalue weighted by Gasteiger charge is -2.34. The Hall–Kier alpha value is -1.68. The second kappa shape index (κ2) is 11.6. The Morgan fingerprint density at radius 2 is 2.00 bits per heavy atom. The molecule has 1 aliphatic heterocycles. The summed E-state index contributed by atoms with van der Waals surface area (Å²) in [7, 11) is 3.50. The van der Waals surface area contributed by atoms with Crippen LogP contribution in [0.1, 0.15) is 50.3 Å². The molecule has 0 amide bonds. The van der Waals surface area contributed by atoms with Crippen molar-refractivity contribution in [3.63, 3.8) is 0 Å². The number of ether oxygens (including phenoxy) is 1. The molecule has 0 fully saturated rings. The Balaban J connectivity index is 0.00000320. The number of aliphatic imine (C=N–C) groups is 1. The van der Waals surface area contributed by atoms with Crippen molar-refractivity contribution in [1.29, 1.82) is 0 Å². The molecule has 0 saturated heterocycles. The smallest absolute Gasteiger partial charge is 0.191 e. The van der Waals surface area contributed by atoms with E-state index >= 15 is 0 Å². The van der Waals surface area contributed by atoms with Gasteiger partial charge in [-0.3, -0.25) is 4.99 Å². The summed E-state index contributed by atoms with van der Waals surface area (Å²) < 4.78 is 7.15. The fraction of sp³-hybridized carbons (Fsp3) is 0.591. The monoisotopic (exact) mass is 526 g/mol. The maximum atomic E-state index is 5.15. The maximum absolute atomic E-state index is 5.15. The Morgan fingerprint density at radius 1 is 1.27 bits per heavy atom. The summed E-state index contributed by atoms with van der Waals surface area (Å²) in [6.07, 6.45) is 4.07. The molecule has 0 bridgehead atoms. The summed E-state index contributed by atoms with van der Waals surface area (Å²) in [4.78, 5) is 9.02. The van der Waals surface area contributed by atoms with Gasteiger partial charge >= 0.3 is 0 Å². The molecule has 30 heavy (non-hydrogen) atoms. The SMILES string of the molecule is CCC(CC)(CNC(=NC)NC1CCc2nc(COC)nn2C1)c1ccccc1.I. The minimum Gasteiger partial charge on any atom is -0.377 e. The average Bonchev–Trinajstić information content (AvgIpc) is 3.16. The highest BCUT2D eigenvalue weighted by Gasteiger charge is 2.29. The van der Waals surface area contributed by atoms with E-state index in [-0.39, 0.29) is 35.4 Å². The lowest BCUT2D eigenvalue weighted by molar-refractivity contribution is 0.177. The highest BCUT2D eigenvalue weighted by Crippen LogP contribution is 2.30. The Bertz CT molecular complexity index is 803. The standard InChI is InChI=1S/C22H34N6O.HI/c1-5-22(6-2,17-10-8-7-9-11-17)16-24-21(23-3)25-18-12-13-20-26-19(15-29-4)27-28(20)14-18;/h7-11,18H,5-6,12-16H2,1-4H3,(H2,23,24,25);1H. The van der Waals surface area contributed by atoms with E-state index in [4.69, 9.17) is 4.74 Å². The van der Waals surface area contributed by atoms with Crippen molar-refractivity contribution >= 4 is 29.9 Å². The molecular weight excluding hydrogens is 491 g/mol. The summed E-state index contributed by atoms with van der Waals surface area (Å²) in [6, 6.07) is 11.1. The maximum Gasteiger partial charge on any atom is 0.191 e. The van der Waals surface area contributed by atoms with Crippen molar-refractivity contribution in [2.75, 3.05) is 20.7 Å². The molecule has 2 aromatic rings. The van der Waals surface area contributed by atoms with Crippen LogP contribution in [-0.2, 0) is 29.7 Å².